The van der Waals surface area contributed by atoms with Gasteiger partial charge in [-0.05, 0) is 25.0 Å². The zero-order valence-corrected chi connectivity index (χ0v) is 14.1. The Morgan fingerprint density at radius 2 is 1.92 bits per heavy atom. The molecule has 2 fully saturated rings. The maximum atomic E-state index is 12.4. The lowest BCUT2D eigenvalue weighted by Crippen LogP contribution is -2.51. The average molecular weight is 342 g/mol. The van der Waals surface area contributed by atoms with Crippen LogP contribution < -0.4 is 0 Å². The van der Waals surface area contributed by atoms with Crippen molar-refractivity contribution in [1.82, 2.24) is 20.0 Å². The van der Waals surface area contributed by atoms with Crippen LogP contribution in [-0.4, -0.2) is 64.8 Å². The normalized spacial score (nSPS) is 21.6. The number of benzene rings is 1. The van der Waals surface area contributed by atoms with E-state index in [4.69, 9.17) is 9.15 Å². The third-order valence-electron chi connectivity index (χ3n) is 4.74. The van der Waals surface area contributed by atoms with E-state index in [0.717, 1.165) is 44.6 Å². The van der Waals surface area contributed by atoms with Crippen molar-refractivity contribution in [3.05, 3.63) is 36.2 Å². The summed E-state index contributed by atoms with van der Waals surface area (Å²) in [6.07, 6.45) is 1.61. The second-order valence-corrected chi connectivity index (χ2v) is 6.47. The Hall–Kier alpha value is -2.25. The van der Waals surface area contributed by atoms with E-state index in [-0.39, 0.29) is 12.0 Å². The minimum Gasteiger partial charge on any atom is -0.419 e. The summed E-state index contributed by atoms with van der Waals surface area (Å²) in [5.74, 6) is 1.29. The summed E-state index contributed by atoms with van der Waals surface area (Å²) in [4.78, 5) is 16.5. The summed E-state index contributed by atoms with van der Waals surface area (Å²) in [5.41, 5.74) is 0.924. The van der Waals surface area contributed by atoms with Crippen LogP contribution in [-0.2, 0) is 16.1 Å². The third kappa shape index (κ3) is 3.72. The average Bonchev–Trinajstić information content (AvgIpc) is 3.35. The lowest BCUT2D eigenvalue weighted by atomic mass is 10.2. The second kappa shape index (κ2) is 7.33. The van der Waals surface area contributed by atoms with Gasteiger partial charge < -0.3 is 14.1 Å². The minimum absolute atomic E-state index is 0.140. The van der Waals surface area contributed by atoms with Crippen LogP contribution in [0.5, 0.6) is 0 Å². The highest BCUT2D eigenvalue weighted by atomic mass is 16.5. The van der Waals surface area contributed by atoms with E-state index in [9.17, 15) is 4.79 Å². The van der Waals surface area contributed by atoms with Crippen molar-refractivity contribution >= 4 is 5.91 Å². The highest BCUT2D eigenvalue weighted by molar-refractivity contribution is 5.81. The van der Waals surface area contributed by atoms with Crippen molar-refractivity contribution in [3.63, 3.8) is 0 Å². The number of rotatable bonds is 4. The molecule has 2 aromatic rings. The molecule has 4 rings (SSSR count). The van der Waals surface area contributed by atoms with E-state index in [1.54, 1.807) is 0 Å². The lowest BCUT2D eigenvalue weighted by Gasteiger charge is -2.35. The van der Waals surface area contributed by atoms with E-state index >= 15 is 0 Å². The number of hydrogen-bond donors (Lipinski definition) is 0. The maximum Gasteiger partial charge on any atom is 0.251 e. The first-order chi connectivity index (χ1) is 12.3. The number of amides is 1. The smallest absolute Gasteiger partial charge is 0.251 e. The van der Waals surface area contributed by atoms with Crippen LogP contribution in [0.1, 0.15) is 18.7 Å². The molecule has 25 heavy (non-hydrogen) atoms. The van der Waals surface area contributed by atoms with Gasteiger partial charge in [-0.3, -0.25) is 9.69 Å². The Morgan fingerprint density at radius 1 is 1.12 bits per heavy atom. The van der Waals surface area contributed by atoms with Gasteiger partial charge in [0.2, 0.25) is 11.8 Å². The Kier molecular flexibility index (Phi) is 4.76. The van der Waals surface area contributed by atoms with Gasteiger partial charge in [0.15, 0.2) is 0 Å². The molecule has 2 aliphatic rings. The molecule has 0 saturated carbocycles. The molecule has 0 N–H and O–H groups in total. The Balaban J connectivity index is 1.30. The molecule has 1 aromatic carbocycles. The van der Waals surface area contributed by atoms with Gasteiger partial charge in [0.25, 0.3) is 5.91 Å². The number of piperazine rings is 1. The zero-order chi connectivity index (χ0) is 17.1. The van der Waals surface area contributed by atoms with E-state index < -0.39 is 0 Å². The first kappa shape index (κ1) is 16.2. The molecule has 1 aromatic heterocycles. The van der Waals surface area contributed by atoms with Gasteiger partial charge >= 0.3 is 0 Å². The van der Waals surface area contributed by atoms with Crippen molar-refractivity contribution in [1.29, 1.82) is 0 Å². The Labute approximate surface area is 146 Å². The monoisotopic (exact) mass is 342 g/mol. The molecule has 1 amide bonds. The molecule has 7 heteroatoms. The molecular formula is C18H22N4O3. The summed E-state index contributed by atoms with van der Waals surface area (Å²) in [7, 11) is 0. The van der Waals surface area contributed by atoms with E-state index in [0.29, 0.717) is 24.9 Å². The predicted octanol–water partition coefficient (Wildman–Crippen LogP) is 1.56. The zero-order valence-electron chi connectivity index (χ0n) is 14.1. The van der Waals surface area contributed by atoms with Gasteiger partial charge in [-0.15, -0.1) is 10.2 Å². The van der Waals surface area contributed by atoms with Crippen molar-refractivity contribution in [2.24, 2.45) is 0 Å². The first-order valence-electron chi connectivity index (χ1n) is 8.80. The van der Waals surface area contributed by atoms with Crippen molar-refractivity contribution in [3.8, 4) is 11.5 Å². The van der Waals surface area contributed by atoms with Crippen LogP contribution in [0.15, 0.2) is 34.7 Å². The number of hydrogen-bond acceptors (Lipinski definition) is 6. The largest absolute Gasteiger partial charge is 0.419 e. The maximum absolute atomic E-state index is 12.4. The Morgan fingerprint density at radius 3 is 2.64 bits per heavy atom. The molecule has 0 spiro atoms. The summed E-state index contributed by atoms with van der Waals surface area (Å²) in [6.45, 7) is 4.37. The number of aromatic nitrogens is 2. The van der Waals surface area contributed by atoms with Gasteiger partial charge in [-0.25, -0.2) is 0 Å². The van der Waals surface area contributed by atoms with E-state index in [1.165, 1.54) is 0 Å². The molecule has 2 aliphatic heterocycles. The highest BCUT2D eigenvalue weighted by Crippen LogP contribution is 2.19. The van der Waals surface area contributed by atoms with Crippen molar-refractivity contribution in [2.75, 3.05) is 32.8 Å². The van der Waals surface area contributed by atoms with Crippen LogP contribution in [0.2, 0.25) is 0 Å². The summed E-state index contributed by atoms with van der Waals surface area (Å²) >= 11 is 0. The molecule has 0 unspecified atom stereocenters. The van der Waals surface area contributed by atoms with E-state index in [1.807, 2.05) is 35.2 Å². The summed E-state index contributed by atoms with van der Waals surface area (Å²) in [6, 6.07) is 9.75. The van der Waals surface area contributed by atoms with Crippen LogP contribution >= 0.6 is 0 Å². The van der Waals surface area contributed by atoms with Gasteiger partial charge in [-0.2, -0.15) is 0 Å². The molecule has 0 aliphatic carbocycles. The molecule has 7 nitrogen and oxygen atoms in total. The number of ether oxygens (including phenoxy) is 1. The standard InChI is InChI=1S/C18H22N4O3/c23-18(15-7-4-12-24-15)22-10-8-21(9-11-22)13-16-19-20-17(25-16)14-5-2-1-3-6-14/h1-3,5-6,15H,4,7-13H2/t15-/m0/s1. The molecule has 3 heterocycles. The van der Waals surface area contributed by atoms with Crippen LogP contribution in [0.4, 0.5) is 0 Å². The van der Waals surface area contributed by atoms with E-state index in [2.05, 4.69) is 15.1 Å². The fraction of sp³-hybridized carbons (Fsp3) is 0.500. The molecule has 132 valence electrons. The summed E-state index contributed by atoms with van der Waals surface area (Å²) < 4.78 is 11.3. The van der Waals surface area contributed by atoms with Gasteiger partial charge in [-0.1, -0.05) is 18.2 Å². The number of carbonyl (C=O) groups excluding carboxylic acids is 1. The quantitative estimate of drug-likeness (QED) is 0.840. The van der Waals surface area contributed by atoms with Gasteiger partial charge in [0.05, 0.1) is 6.54 Å². The fourth-order valence-electron chi connectivity index (χ4n) is 3.31. The second-order valence-electron chi connectivity index (χ2n) is 6.47. The molecule has 2 saturated heterocycles. The summed E-state index contributed by atoms with van der Waals surface area (Å²) in [5, 5.41) is 8.27. The number of carbonyl (C=O) groups is 1. The molecule has 1 atom stereocenters. The SMILES string of the molecule is O=C([C@@H]1CCCO1)N1CCN(Cc2nnc(-c3ccccc3)o2)CC1. The third-order valence-corrected chi connectivity index (χ3v) is 4.74. The van der Waals surface area contributed by atoms with Gasteiger partial charge in [0.1, 0.15) is 6.10 Å². The van der Waals surface area contributed by atoms with Gasteiger partial charge in [0, 0.05) is 38.3 Å². The fourth-order valence-corrected chi connectivity index (χ4v) is 3.31. The predicted molar refractivity (Wildman–Crippen MR) is 90.6 cm³/mol. The van der Waals surface area contributed by atoms with Crippen molar-refractivity contribution < 1.29 is 13.9 Å². The Bertz CT molecular complexity index is 704. The molecule has 0 bridgehead atoms. The first-order valence-corrected chi connectivity index (χ1v) is 8.80. The topological polar surface area (TPSA) is 71.7 Å². The molecule has 0 radical (unpaired) electrons. The minimum atomic E-state index is -0.226. The van der Waals surface area contributed by atoms with Crippen LogP contribution in [0.3, 0.4) is 0 Å². The van der Waals surface area contributed by atoms with Crippen molar-refractivity contribution in [2.45, 2.75) is 25.5 Å². The van der Waals surface area contributed by atoms with Crippen LogP contribution in [0.25, 0.3) is 11.5 Å². The van der Waals surface area contributed by atoms with Crippen LogP contribution in [0, 0.1) is 0 Å². The molecular weight excluding hydrogens is 320 g/mol. The lowest BCUT2D eigenvalue weighted by molar-refractivity contribution is -0.142. The highest BCUT2D eigenvalue weighted by Gasteiger charge is 2.30. The number of nitrogens with zero attached hydrogens (tertiary/aromatic N) is 4.